The Morgan fingerprint density at radius 2 is 1.92 bits per heavy atom. The number of amides is 1. The summed E-state index contributed by atoms with van der Waals surface area (Å²) in [5.41, 5.74) is 2.26. The van der Waals surface area contributed by atoms with E-state index in [-0.39, 0.29) is 5.75 Å². The van der Waals surface area contributed by atoms with E-state index in [1.807, 2.05) is 36.4 Å². The molecule has 2 N–H and O–H groups in total. The van der Waals surface area contributed by atoms with E-state index in [2.05, 4.69) is 0 Å². The molecular formula is C17H20N2O4S. The van der Waals surface area contributed by atoms with Gasteiger partial charge in [0.05, 0.1) is 5.75 Å². The largest absolute Gasteiger partial charge is 0.289 e. The zero-order valence-electron chi connectivity index (χ0n) is 13.2. The highest BCUT2D eigenvalue weighted by Crippen LogP contribution is 2.24. The molecule has 1 saturated heterocycles. The third-order valence-electron chi connectivity index (χ3n) is 4.39. The van der Waals surface area contributed by atoms with Crippen LogP contribution < -0.4 is 5.48 Å². The molecule has 2 aromatic rings. The molecule has 0 radical (unpaired) electrons. The Morgan fingerprint density at radius 1 is 1.17 bits per heavy atom. The third-order valence-corrected chi connectivity index (χ3v) is 6.24. The highest BCUT2D eigenvalue weighted by Gasteiger charge is 2.36. The van der Waals surface area contributed by atoms with Crippen molar-refractivity contribution in [3.05, 3.63) is 48.0 Å². The number of rotatable bonds is 4. The number of hydrogen-bond donors (Lipinski definition) is 2. The van der Waals surface area contributed by atoms with Gasteiger partial charge in [-0.15, -0.1) is 0 Å². The fraction of sp³-hybridized carbons (Fsp3) is 0.353. The van der Waals surface area contributed by atoms with Crippen LogP contribution in [-0.4, -0.2) is 36.4 Å². The minimum atomic E-state index is -3.65. The average molecular weight is 348 g/mol. The molecule has 0 saturated carbocycles. The predicted octanol–water partition coefficient (Wildman–Crippen LogP) is 2.03. The monoisotopic (exact) mass is 348 g/mol. The first-order valence-electron chi connectivity index (χ1n) is 7.92. The first-order chi connectivity index (χ1) is 11.5. The molecule has 1 atom stereocenters. The van der Waals surface area contributed by atoms with Crippen molar-refractivity contribution in [2.24, 2.45) is 0 Å². The summed E-state index contributed by atoms with van der Waals surface area (Å²) in [5.74, 6) is -0.829. The number of piperidine rings is 1. The standard InChI is InChI=1S/C17H20N2O4S/c20-17(18-21)16-7-3-4-10-19(16)24(22,23)12-13-8-9-14-5-1-2-6-15(14)11-13/h1-2,5-6,8-9,11,16,21H,3-4,7,10,12H2,(H,18,20)/t16-/m1/s1. The molecule has 1 amide bonds. The molecule has 2 aromatic carbocycles. The molecule has 3 rings (SSSR count). The number of fused-ring (bicyclic) bond motifs is 1. The molecule has 6 nitrogen and oxygen atoms in total. The summed E-state index contributed by atoms with van der Waals surface area (Å²) in [5, 5.41) is 10.9. The van der Waals surface area contributed by atoms with E-state index in [4.69, 9.17) is 5.21 Å². The number of nitrogens with one attached hydrogen (secondary N) is 1. The van der Waals surface area contributed by atoms with Crippen LogP contribution >= 0.6 is 0 Å². The minimum absolute atomic E-state index is 0.160. The van der Waals surface area contributed by atoms with Crippen LogP contribution in [0.25, 0.3) is 10.8 Å². The van der Waals surface area contributed by atoms with Gasteiger partial charge in [-0.3, -0.25) is 10.0 Å². The van der Waals surface area contributed by atoms with Gasteiger partial charge in [0.15, 0.2) is 0 Å². The first-order valence-corrected chi connectivity index (χ1v) is 9.53. The number of hydroxylamine groups is 1. The van der Waals surface area contributed by atoms with E-state index in [0.29, 0.717) is 24.9 Å². The van der Waals surface area contributed by atoms with Crippen molar-refractivity contribution < 1.29 is 18.4 Å². The number of benzene rings is 2. The summed E-state index contributed by atoms with van der Waals surface area (Å²) < 4.78 is 26.8. The summed E-state index contributed by atoms with van der Waals surface area (Å²) in [7, 11) is -3.65. The van der Waals surface area contributed by atoms with Gasteiger partial charge in [0.2, 0.25) is 10.0 Å². The van der Waals surface area contributed by atoms with Crippen LogP contribution in [0.5, 0.6) is 0 Å². The fourth-order valence-electron chi connectivity index (χ4n) is 3.20. The topological polar surface area (TPSA) is 86.7 Å². The summed E-state index contributed by atoms with van der Waals surface area (Å²) in [6.45, 7) is 0.300. The van der Waals surface area contributed by atoms with Crippen molar-refractivity contribution in [3.63, 3.8) is 0 Å². The Bertz CT molecular complexity index is 851. The maximum absolute atomic E-state index is 12.8. The molecule has 0 bridgehead atoms. The van der Waals surface area contributed by atoms with Crippen molar-refractivity contribution in [3.8, 4) is 0 Å². The molecule has 0 unspecified atom stereocenters. The third kappa shape index (κ3) is 3.43. The van der Waals surface area contributed by atoms with Crippen molar-refractivity contribution in [1.29, 1.82) is 0 Å². The van der Waals surface area contributed by atoms with Crippen molar-refractivity contribution in [2.45, 2.75) is 31.1 Å². The van der Waals surface area contributed by atoms with Crippen LogP contribution in [-0.2, 0) is 20.6 Å². The highest BCUT2D eigenvalue weighted by atomic mass is 32.2. The zero-order chi connectivity index (χ0) is 17.2. The van der Waals surface area contributed by atoms with E-state index in [1.54, 1.807) is 11.5 Å². The summed E-state index contributed by atoms with van der Waals surface area (Å²) >= 11 is 0. The molecule has 1 aliphatic rings. The van der Waals surface area contributed by atoms with Gasteiger partial charge in [-0.05, 0) is 29.2 Å². The second-order valence-electron chi connectivity index (χ2n) is 6.04. The van der Waals surface area contributed by atoms with E-state index in [9.17, 15) is 13.2 Å². The van der Waals surface area contributed by atoms with Gasteiger partial charge in [-0.25, -0.2) is 13.9 Å². The van der Waals surface area contributed by atoms with Crippen LogP contribution in [0.3, 0.4) is 0 Å². The lowest BCUT2D eigenvalue weighted by Crippen LogP contribution is -2.51. The van der Waals surface area contributed by atoms with Crippen LogP contribution in [0.1, 0.15) is 24.8 Å². The minimum Gasteiger partial charge on any atom is -0.289 e. The molecule has 0 spiro atoms. The molecular weight excluding hydrogens is 328 g/mol. The highest BCUT2D eigenvalue weighted by molar-refractivity contribution is 7.88. The molecule has 0 aliphatic carbocycles. The molecule has 1 heterocycles. The Morgan fingerprint density at radius 3 is 2.67 bits per heavy atom. The average Bonchev–Trinajstić information content (AvgIpc) is 2.60. The predicted molar refractivity (Wildman–Crippen MR) is 90.8 cm³/mol. The molecule has 0 aromatic heterocycles. The van der Waals surface area contributed by atoms with Crippen LogP contribution in [0.15, 0.2) is 42.5 Å². The maximum Gasteiger partial charge on any atom is 0.261 e. The lowest BCUT2D eigenvalue weighted by Gasteiger charge is -2.33. The van der Waals surface area contributed by atoms with Crippen LogP contribution in [0, 0.1) is 0 Å². The van der Waals surface area contributed by atoms with E-state index >= 15 is 0 Å². The van der Waals surface area contributed by atoms with Gasteiger partial charge in [-0.1, -0.05) is 48.9 Å². The van der Waals surface area contributed by atoms with E-state index in [1.165, 1.54) is 4.31 Å². The quantitative estimate of drug-likeness (QED) is 0.654. The Kier molecular flexibility index (Phi) is 4.84. The lowest BCUT2D eigenvalue weighted by molar-refractivity contribution is -0.134. The molecule has 1 aliphatic heterocycles. The summed E-state index contributed by atoms with van der Waals surface area (Å²) in [6.07, 6.45) is 1.90. The zero-order valence-corrected chi connectivity index (χ0v) is 14.0. The van der Waals surface area contributed by atoms with Crippen LogP contribution in [0.4, 0.5) is 0 Å². The Labute approximate surface area is 141 Å². The van der Waals surface area contributed by atoms with Crippen molar-refractivity contribution in [1.82, 2.24) is 9.79 Å². The molecule has 128 valence electrons. The molecule has 7 heteroatoms. The van der Waals surface area contributed by atoms with Gasteiger partial charge in [0, 0.05) is 6.54 Å². The number of nitrogens with zero attached hydrogens (tertiary/aromatic N) is 1. The van der Waals surface area contributed by atoms with Crippen LogP contribution in [0.2, 0.25) is 0 Å². The van der Waals surface area contributed by atoms with Gasteiger partial charge in [-0.2, -0.15) is 4.31 Å². The first kappa shape index (κ1) is 16.9. The normalized spacial score (nSPS) is 19.3. The van der Waals surface area contributed by atoms with Crippen molar-refractivity contribution in [2.75, 3.05) is 6.54 Å². The second-order valence-corrected chi connectivity index (χ2v) is 7.96. The maximum atomic E-state index is 12.8. The lowest BCUT2D eigenvalue weighted by atomic mass is 10.0. The SMILES string of the molecule is O=C(NO)[C@H]1CCCCN1S(=O)(=O)Cc1ccc2ccccc2c1. The smallest absolute Gasteiger partial charge is 0.261 e. The van der Waals surface area contributed by atoms with E-state index < -0.39 is 22.0 Å². The van der Waals surface area contributed by atoms with Gasteiger partial charge in [0.25, 0.3) is 5.91 Å². The number of sulfonamides is 1. The number of hydrogen-bond acceptors (Lipinski definition) is 4. The fourth-order valence-corrected chi connectivity index (χ4v) is 4.96. The Balaban J connectivity index is 1.86. The molecule has 24 heavy (non-hydrogen) atoms. The van der Waals surface area contributed by atoms with Gasteiger partial charge >= 0.3 is 0 Å². The van der Waals surface area contributed by atoms with E-state index in [0.717, 1.165) is 17.2 Å². The van der Waals surface area contributed by atoms with Gasteiger partial charge < -0.3 is 0 Å². The van der Waals surface area contributed by atoms with Crippen molar-refractivity contribution >= 4 is 26.7 Å². The van der Waals surface area contributed by atoms with Gasteiger partial charge in [0.1, 0.15) is 6.04 Å². The second kappa shape index (κ2) is 6.88. The number of carbonyl (C=O) groups excluding carboxylic acids is 1. The number of carbonyl (C=O) groups is 1. The summed E-state index contributed by atoms with van der Waals surface area (Å²) in [4.78, 5) is 11.8. The summed E-state index contributed by atoms with van der Waals surface area (Å²) in [6, 6.07) is 12.5. The molecule has 1 fully saturated rings. The Hall–Kier alpha value is -1.96.